The van der Waals surface area contributed by atoms with Gasteiger partial charge in [-0.2, -0.15) is 0 Å². The van der Waals surface area contributed by atoms with E-state index in [-0.39, 0.29) is 30.7 Å². The zero-order valence-electron chi connectivity index (χ0n) is 14.5. The Kier molecular flexibility index (Phi) is 10.0. The van der Waals surface area contributed by atoms with Gasteiger partial charge in [-0.1, -0.05) is 12.1 Å². The van der Waals surface area contributed by atoms with Crippen LogP contribution in [0.1, 0.15) is 25.0 Å². The van der Waals surface area contributed by atoms with Crippen LogP contribution in [0.4, 0.5) is 5.69 Å². The summed E-state index contributed by atoms with van der Waals surface area (Å²) in [6.07, 6.45) is 4.42. The Morgan fingerprint density at radius 2 is 2.12 bits per heavy atom. The van der Waals surface area contributed by atoms with Gasteiger partial charge < -0.3 is 15.4 Å². The number of nitrogens with zero attached hydrogens (tertiary/aromatic N) is 1. The highest BCUT2D eigenvalue weighted by Gasteiger charge is 2.15. The maximum atomic E-state index is 12.1. The largest absolute Gasteiger partial charge is 0.487 e. The average molecular weight is 398 g/mol. The van der Waals surface area contributed by atoms with Crippen LogP contribution in [0.15, 0.2) is 48.7 Å². The molecule has 1 saturated heterocycles. The number of carbonyl (C=O) groups excluding carboxylic acids is 1. The Hall–Kier alpha value is -1.82. The van der Waals surface area contributed by atoms with E-state index in [1.165, 1.54) is 6.42 Å². The molecule has 2 aromatic rings. The lowest BCUT2D eigenvalue weighted by molar-refractivity contribution is -0.116. The van der Waals surface area contributed by atoms with Gasteiger partial charge in [0.05, 0.1) is 5.69 Å². The van der Waals surface area contributed by atoms with Gasteiger partial charge in [-0.05, 0) is 56.1 Å². The molecule has 7 heteroatoms. The number of anilines is 1. The van der Waals surface area contributed by atoms with Crippen molar-refractivity contribution in [2.24, 2.45) is 5.92 Å². The molecule has 1 aromatic heterocycles. The van der Waals surface area contributed by atoms with E-state index in [9.17, 15) is 4.79 Å². The van der Waals surface area contributed by atoms with Crippen LogP contribution in [0, 0.1) is 5.92 Å². The first kappa shape index (κ1) is 22.2. The van der Waals surface area contributed by atoms with Crippen LogP contribution in [0.2, 0.25) is 0 Å². The highest BCUT2D eigenvalue weighted by molar-refractivity contribution is 5.90. The third-order valence-corrected chi connectivity index (χ3v) is 4.17. The number of ether oxygens (including phenoxy) is 1. The van der Waals surface area contributed by atoms with Gasteiger partial charge in [0.2, 0.25) is 5.91 Å². The topological polar surface area (TPSA) is 63.2 Å². The van der Waals surface area contributed by atoms with Crippen LogP contribution in [-0.4, -0.2) is 24.0 Å². The van der Waals surface area contributed by atoms with Crippen molar-refractivity contribution in [2.45, 2.75) is 25.9 Å². The Morgan fingerprint density at radius 1 is 1.23 bits per heavy atom. The molecule has 1 aliphatic rings. The fourth-order valence-corrected chi connectivity index (χ4v) is 2.82. The van der Waals surface area contributed by atoms with Crippen LogP contribution >= 0.6 is 24.8 Å². The number of hydrogen-bond acceptors (Lipinski definition) is 4. The van der Waals surface area contributed by atoms with Crippen molar-refractivity contribution in [3.63, 3.8) is 0 Å². The van der Waals surface area contributed by atoms with Gasteiger partial charge in [-0.3, -0.25) is 9.78 Å². The van der Waals surface area contributed by atoms with Crippen LogP contribution in [0.3, 0.4) is 0 Å². The van der Waals surface area contributed by atoms with Gasteiger partial charge in [-0.25, -0.2) is 0 Å². The zero-order chi connectivity index (χ0) is 16.6. The summed E-state index contributed by atoms with van der Waals surface area (Å²) in [5, 5.41) is 6.28. The molecule has 26 heavy (non-hydrogen) atoms. The quantitative estimate of drug-likeness (QED) is 0.744. The van der Waals surface area contributed by atoms with Crippen LogP contribution < -0.4 is 15.4 Å². The number of amides is 1. The molecule has 1 atom stereocenters. The Balaban J connectivity index is 0.00000169. The Bertz CT molecular complexity index is 665. The van der Waals surface area contributed by atoms with E-state index in [0.717, 1.165) is 36.6 Å². The molecule has 0 bridgehead atoms. The average Bonchev–Trinajstić information content (AvgIpc) is 3.13. The van der Waals surface area contributed by atoms with E-state index in [1.54, 1.807) is 6.20 Å². The van der Waals surface area contributed by atoms with Crippen molar-refractivity contribution in [1.82, 2.24) is 10.3 Å². The summed E-state index contributed by atoms with van der Waals surface area (Å²) in [6.45, 7) is 2.51. The zero-order valence-corrected chi connectivity index (χ0v) is 16.2. The van der Waals surface area contributed by atoms with Crippen LogP contribution in [0.5, 0.6) is 5.75 Å². The van der Waals surface area contributed by atoms with Gasteiger partial charge in [-0.15, -0.1) is 24.8 Å². The number of halogens is 2. The SMILES string of the molecule is Cl.Cl.O=C(CCC1CCNC1)Nc1cccc(OCc2ccccn2)c1. The molecule has 1 aliphatic heterocycles. The number of carbonyl (C=O) groups is 1. The van der Waals surface area contributed by atoms with Gasteiger partial charge in [0.25, 0.3) is 0 Å². The van der Waals surface area contributed by atoms with Crippen molar-refractivity contribution >= 4 is 36.4 Å². The molecule has 142 valence electrons. The first-order chi connectivity index (χ1) is 11.8. The van der Waals surface area contributed by atoms with E-state index >= 15 is 0 Å². The molecule has 1 aromatic carbocycles. The molecular weight excluding hydrogens is 373 g/mol. The molecular formula is C19H25Cl2N3O2. The molecule has 0 spiro atoms. The van der Waals surface area contributed by atoms with Crippen LogP contribution in [0.25, 0.3) is 0 Å². The van der Waals surface area contributed by atoms with E-state index < -0.39 is 0 Å². The second kappa shape index (κ2) is 11.7. The third-order valence-electron chi connectivity index (χ3n) is 4.17. The molecule has 1 amide bonds. The molecule has 0 saturated carbocycles. The summed E-state index contributed by atoms with van der Waals surface area (Å²) in [4.78, 5) is 16.3. The number of nitrogens with one attached hydrogen (secondary N) is 2. The van der Waals surface area contributed by atoms with E-state index in [0.29, 0.717) is 18.9 Å². The number of pyridine rings is 1. The predicted octanol–water partition coefficient (Wildman–Crippen LogP) is 3.83. The fraction of sp³-hybridized carbons (Fsp3) is 0.368. The highest BCUT2D eigenvalue weighted by Crippen LogP contribution is 2.20. The number of rotatable bonds is 7. The minimum Gasteiger partial charge on any atom is -0.487 e. The normalized spacial score (nSPS) is 15.5. The molecule has 2 heterocycles. The maximum absolute atomic E-state index is 12.1. The third kappa shape index (κ3) is 7.20. The fourth-order valence-electron chi connectivity index (χ4n) is 2.82. The summed E-state index contributed by atoms with van der Waals surface area (Å²) >= 11 is 0. The summed E-state index contributed by atoms with van der Waals surface area (Å²) in [5.74, 6) is 1.41. The van der Waals surface area contributed by atoms with Gasteiger partial charge in [0, 0.05) is 24.4 Å². The molecule has 0 aliphatic carbocycles. The minimum absolute atomic E-state index is 0. The van der Waals surface area contributed by atoms with Crippen molar-refractivity contribution in [2.75, 3.05) is 18.4 Å². The van der Waals surface area contributed by atoms with E-state index in [1.807, 2.05) is 42.5 Å². The lowest BCUT2D eigenvalue weighted by Gasteiger charge is -2.10. The summed E-state index contributed by atoms with van der Waals surface area (Å²) in [7, 11) is 0. The standard InChI is InChI=1S/C19H23N3O2.2ClH/c23-19(8-7-15-9-11-20-13-15)22-16-5-3-6-18(12-16)24-14-17-4-1-2-10-21-17;;/h1-6,10,12,15,20H,7-9,11,13-14H2,(H,22,23);2*1H. The second-order valence-electron chi connectivity index (χ2n) is 6.08. The van der Waals surface area contributed by atoms with Gasteiger partial charge in [0.15, 0.2) is 0 Å². The number of hydrogen-bond donors (Lipinski definition) is 2. The van der Waals surface area contributed by atoms with Crippen molar-refractivity contribution in [1.29, 1.82) is 0 Å². The monoisotopic (exact) mass is 397 g/mol. The van der Waals surface area contributed by atoms with Crippen LogP contribution in [-0.2, 0) is 11.4 Å². The lowest BCUT2D eigenvalue weighted by atomic mass is 10.0. The summed E-state index contributed by atoms with van der Waals surface area (Å²) in [6, 6.07) is 13.2. The first-order valence-corrected chi connectivity index (χ1v) is 8.43. The molecule has 1 unspecified atom stereocenters. The molecule has 3 rings (SSSR count). The first-order valence-electron chi connectivity index (χ1n) is 8.43. The molecule has 2 N–H and O–H groups in total. The summed E-state index contributed by atoms with van der Waals surface area (Å²) in [5.41, 5.74) is 1.64. The Labute approximate surface area is 166 Å². The molecule has 1 fully saturated rings. The van der Waals surface area contributed by atoms with Crippen molar-refractivity contribution in [3.8, 4) is 5.75 Å². The summed E-state index contributed by atoms with van der Waals surface area (Å²) < 4.78 is 5.73. The van der Waals surface area contributed by atoms with Crippen molar-refractivity contribution in [3.05, 3.63) is 54.4 Å². The van der Waals surface area contributed by atoms with Gasteiger partial charge in [0.1, 0.15) is 12.4 Å². The lowest BCUT2D eigenvalue weighted by Crippen LogP contribution is -2.15. The van der Waals surface area contributed by atoms with E-state index in [2.05, 4.69) is 15.6 Å². The van der Waals surface area contributed by atoms with E-state index in [4.69, 9.17) is 4.74 Å². The smallest absolute Gasteiger partial charge is 0.224 e. The second-order valence-corrected chi connectivity index (χ2v) is 6.08. The van der Waals surface area contributed by atoms with Gasteiger partial charge >= 0.3 is 0 Å². The Morgan fingerprint density at radius 3 is 2.85 bits per heavy atom. The van der Waals surface area contributed by atoms with Crippen molar-refractivity contribution < 1.29 is 9.53 Å². The minimum atomic E-state index is 0. The molecule has 5 nitrogen and oxygen atoms in total. The predicted molar refractivity (Wildman–Crippen MR) is 108 cm³/mol. The maximum Gasteiger partial charge on any atom is 0.224 e. The molecule has 0 radical (unpaired) electrons. The number of aromatic nitrogens is 1. The highest BCUT2D eigenvalue weighted by atomic mass is 35.5. The number of benzene rings is 1.